The summed E-state index contributed by atoms with van der Waals surface area (Å²) in [7, 11) is 0. The van der Waals surface area contributed by atoms with Gasteiger partial charge in [-0.25, -0.2) is 0 Å². The summed E-state index contributed by atoms with van der Waals surface area (Å²) in [4.78, 5) is 0. The number of nitrogen functional groups attached to an aromatic ring is 1. The SMILES string of the molecule is N#Cc1cc(N)cc(I)c1Cl. The number of benzene rings is 1. The van der Waals surface area contributed by atoms with Crippen molar-refractivity contribution in [3.8, 4) is 6.07 Å². The highest BCUT2D eigenvalue weighted by Gasteiger charge is 2.04. The van der Waals surface area contributed by atoms with Gasteiger partial charge in [0.05, 0.1) is 10.6 Å². The summed E-state index contributed by atoms with van der Waals surface area (Å²) >= 11 is 7.82. The second kappa shape index (κ2) is 3.28. The lowest BCUT2D eigenvalue weighted by Gasteiger charge is -1.99. The lowest BCUT2D eigenvalue weighted by Crippen LogP contribution is -1.89. The van der Waals surface area contributed by atoms with Gasteiger partial charge in [0.2, 0.25) is 0 Å². The molecule has 56 valence electrons. The molecule has 0 aromatic heterocycles. The summed E-state index contributed by atoms with van der Waals surface area (Å²) < 4.78 is 0.806. The zero-order valence-electron chi connectivity index (χ0n) is 5.44. The van der Waals surface area contributed by atoms with Gasteiger partial charge < -0.3 is 5.73 Å². The van der Waals surface area contributed by atoms with Crippen LogP contribution in [-0.2, 0) is 0 Å². The fraction of sp³-hybridized carbons (Fsp3) is 0. The van der Waals surface area contributed by atoms with Crippen molar-refractivity contribution in [3.63, 3.8) is 0 Å². The van der Waals surface area contributed by atoms with Crippen molar-refractivity contribution in [2.24, 2.45) is 0 Å². The predicted octanol–water partition coefficient (Wildman–Crippen LogP) is 2.40. The first-order valence-electron chi connectivity index (χ1n) is 2.79. The van der Waals surface area contributed by atoms with E-state index in [1.807, 2.05) is 28.7 Å². The molecule has 0 aliphatic carbocycles. The van der Waals surface area contributed by atoms with Gasteiger partial charge >= 0.3 is 0 Å². The Morgan fingerprint density at radius 3 is 2.73 bits per heavy atom. The average Bonchev–Trinajstić information content (AvgIpc) is 1.96. The van der Waals surface area contributed by atoms with Gasteiger partial charge in [-0.1, -0.05) is 11.6 Å². The van der Waals surface area contributed by atoms with Gasteiger partial charge in [-0.05, 0) is 34.7 Å². The van der Waals surface area contributed by atoms with Crippen LogP contribution in [0.1, 0.15) is 5.56 Å². The number of nitrogens with zero attached hydrogens (tertiary/aromatic N) is 1. The third kappa shape index (κ3) is 1.76. The van der Waals surface area contributed by atoms with Crippen LogP contribution < -0.4 is 5.73 Å². The molecular weight excluding hydrogens is 274 g/mol. The molecule has 0 saturated carbocycles. The van der Waals surface area contributed by atoms with Crippen LogP contribution in [0, 0.1) is 14.9 Å². The number of nitriles is 1. The molecule has 0 fully saturated rings. The summed E-state index contributed by atoms with van der Waals surface area (Å²) in [5.74, 6) is 0. The van der Waals surface area contributed by atoms with Crippen molar-refractivity contribution in [1.82, 2.24) is 0 Å². The van der Waals surface area contributed by atoms with E-state index in [2.05, 4.69) is 0 Å². The molecule has 2 nitrogen and oxygen atoms in total. The molecule has 0 saturated heterocycles. The highest BCUT2D eigenvalue weighted by molar-refractivity contribution is 14.1. The van der Waals surface area contributed by atoms with Crippen molar-refractivity contribution in [2.75, 3.05) is 5.73 Å². The Kier molecular flexibility index (Phi) is 2.58. The molecule has 2 N–H and O–H groups in total. The first kappa shape index (κ1) is 8.62. The molecule has 0 unspecified atom stereocenters. The van der Waals surface area contributed by atoms with Crippen LogP contribution in [0.3, 0.4) is 0 Å². The molecule has 1 rings (SSSR count). The normalized spacial score (nSPS) is 9.18. The van der Waals surface area contributed by atoms with Gasteiger partial charge in [0.15, 0.2) is 0 Å². The van der Waals surface area contributed by atoms with Gasteiger partial charge in [-0.3, -0.25) is 0 Å². The van der Waals surface area contributed by atoms with E-state index >= 15 is 0 Å². The molecule has 0 aliphatic heterocycles. The minimum Gasteiger partial charge on any atom is -0.399 e. The molecule has 0 amide bonds. The van der Waals surface area contributed by atoms with Gasteiger partial charge in [-0.15, -0.1) is 0 Å². The van der Waals surface area contributed by atoms with Crippen molar-refractivity contribution < 1.29 is 0 Å². The van der Waals surface area contributed by atoms with E-state index < -0.39 is 0 Å². The summed E-state index contributed by atoms with van der Waals surface area (Å²) in [5.41, 5.74) is 6.48. The number of rotatable bonds is 0. The topological polar surface area (TPSA) is 49.8 Å². The molecule has 1 aromatic rings. The molecule has 4 heteroatoms. The third-order valence-corrected chi connectivity index (χ3v) is 2.75. The largest absolute Gasteiger partial charge is 0.399 e. The zero-order chi connectivity index (χ0) is 8.43. The lowest BCUT2D eigenvalue weighted by molar-refractivity contribution is 1.47. The fourth-order valence-electron chi connectivity index (χ4n) is 0.691. The van der Waals surface area contributed by atoms with Crippen LogP contribution >= 0.6 is 34.2 Å². The fourth-order valence-corrected chi connectivity index (χ4v) is 1.49. The smallest absolute Gasteiger partial charge is 0.101 e. The number of hydrogen-bond acceptors (Lipinski definition) is 2. The minimum atomic E-state index is 0.427. The summed E-state index contributed by atoms with van der Waals surface area (Å²) in [6.07, 6.45) is 0. The number of nitrogens with two attached hydrogens (primary N) is 1. The average molecular weight is 278 g/mol. The van der Waals surface area contributed by atoms with Gasteiger partial charge in [-0.2, -0.15) is 5.26 Å². The van der Waals surface area contributed by atoms with E-state index in [0.717, 1.165) is 3.57 Å². The van der Waals surface area contributed by atoms with Gasteiger partial charge in [0.25, 0.3) is 0 Å². The van der Waals surface area contributed by atoms with E-state index in [9.17, 15) is 0 Å². The summed E-state index contributed by atoms with van der Waals surface area (Å²) in [6.45, 7) is 0. The number of hydrogen-bond donors (Lipinski definition) is 1. The van der Waals surface area contributed by atoms with Crippen LogP contribution in [-0.4, -0.2) is 0 Å². The lowest BCUT2D eigenvalue weighted by atomic mass is 10.2. The summed E-state index contributed by atoms with van der Waals surface area (Å²) in [6, 6.07) is 5.25. The molecule has 0 radical (unpaired) electrons. The molecule has 0 bridgehead atoms. The van der Waals surface area contributed by atoms with Crippen LogP contribution in [0.5, 0.6) is 0 Å². The van der Waals surface area contributed by atoms with Crippen molar-refractivity contribution >= 4 is 39.9 Å². The van der Waals surface area contributed by atoms with Crippen LogP contribution in [0.15, 0.2) is 12.1 Å². The third-order valence-electron chi connectivity index (χ3n) is 1.17. The van der Waals surface area contributed by atoms with Crippen LogP contribution in [0.25, 0.3) is 0 Å². The van der Waals surface area contributed by atoms with E-state index in [4.69, 9.17) is 22.6 Å². The van der Waals surface area contributed by atoms with Crippen molar-refractivity contribution in [2.45, 2.75) is 0 Å². The first-order valence-corrected chi connectivity index (χ1v) is 4.25. The molecule has 11 heavy (non-hydrogen) atoms. The Balaban J connectivity index is 3.39. The first-order chi connectivity index (χ1) is 5.15. The second-order valence-electron chi connectivity index (χ2n) is 1.98. The quantitative estimate of drug-likeness (QED) is 0.585. The second-order valence-corrected chi connectivity index (χ2v) is 3.52. The van der Waals surface area contributed by atoms with Crippen molar-refractivity contribution in [3.05, 3.63) is 26.3 Å². The molecular formula is C7H4ClIN2. The number of halogens is 2. The molecule has 1 aromatic carbocycles. The maximum atomic E-state index is 8.57. The zero-order valence-corrected chi connectivity index (χ0v) is 8.35. The Morgan fingerprint density at radius 1 is 1.55 bits per heavy atom. The highest BCUT2D eigenvalue weighted by atomic mass is 127. The molecule has 0 spiro atoms. The molecule has 0 aliphatic rings. The monoisotopic (exact) mass is 278 g/mol. The number of anilines is 1. The Bertz CT molecular complexity index is 330. The summed E-state index contributed by atoms with van der Waals surface area (Å²) in [5, 5.41) is 9.05. The standard InChI is InChI=1S/C7H4ClIN2/c8-7-4(3-10)1-5(11)2-6(7)9/h1-2H,11H2. The Morgan fingerprint density at radius 2 is 2.18 bits per heavy atom. The van der Waals surface area contributed by atoms with Crippen LogP contribution in [0.4, 0.5) is 5.69 Å². The van der Waals surface area contributed by atoms with Gasteiger partial charge in [0.1, 0.15) is 6.07 Å². The van der Waals surface area contributed by atoms with Gasteiger partial charge in [0, 0.05) is 9.26 Å². The van der Waals surface area contributed by atoms with E-state index in [1.54, 1.807) is 12.1 Å². The van der Waals surface area contributed by atoms with Crippen molar-refractivity contribution in [1.29, 1.82) is 5.26 Å². The van der Waals surface area contributed by atoms with E-state index in [0.29, 0.717) is 16.3 Å². The molecule has 0 atom stereocenters. The maximum absolute atomic E-state index is 8.57. The Labute approximate surface area is 83.1 Å². The van der Waals surface area contributed by atoms with E-state index in [-0.39, 0.29) is 0 Å². The van der Waals surface area contributed by atoms with Crippen LogP contribution in [0.2, 0.25) is 5.02 Å². The Hall–Kier alpha value is -0.470. The van der Waals surface area contributed by atoms with E-state index in [1.165, 1.54) is 0 Å². The predicted molar refractivity (Wildman–Crippen MR) is 53.3 cm³/mol. The highest BCUT2D eigenvalue weighted by Crippen LogP contribution is 2.24. The maximum Gasteiger partial charge on any atom is 0.101 e. The molecule has 0 heterocycles. The minimum absolute atomic E-state index is 0.427.